The molecule has 6 nitrogen and oxygen atoms in total. The van der Waals surface area contributed by atoms with Gasteiger partial charge in [0, 0.05) is 12.6 Å². The first-order valence-electron chi connectivity index (χ1n) is 4.64. The summed E-state index contributed by atoms with van der Waals surface area (Å²) in [5.41, 5.74) is -0.210. The Morgan fingerprint density at radius 3 is 2.80 bits per heavy atom. The molecule has 0 spiro atoms. The zero-order valence-electron chi connectivity index (χ0n) is 8.34. The number of aromatic carboxylic acids is 1. The SMILES string of the molecule is CCCCn1cc([N+](=O)[O-])cc1C(=O)O. The van der Waals surface area contributed by atoms with E-state index in [1.165, 1.54) is 10.8 Å². The predicted molar refractivity (Wildman–Crippen MR) is 53.0 cm³/mol. The molecule has 1 heterocycles. The van der Waals surface area contributed by atoms with Gasteiger partial charge in [0.1, 0.15) is 5.69 Å². The average molecular weight is 212 g/mol. The molecular weight excluding hydrogens is 200 g/mol. The number of unbranched alkanes of at least 4 members (excludes halogenated alkanes) is 1. The van der Waals surface area contributed by atoms with E-state index in [0.29, 0.717) is 6.54 Å². The van der Waals surface area contributed by atoms with Crippen molar-refractivity contribution >= 4 is 11.7 Å². The highest BCUT2D eigenvalue weighted by Gasteiger charge is 2.17. The van der Waals surface area contributed by atoms with Crippen LogP contribution in [0.25, 0.3) is 0 Å². The van der Waals surface area contributed by atoms with Crippen molar-refractivity contribution in [1.82, 2.24) is 4.57 Å². The predicted octanol–water partition coefficient (Wildman–Crippen LogP) is 1.89. The third-order valence-corrected chi connectivity index (χ3v) is 2.06. The van der Waals surface area contributed by atoms with E-state index in [0.717, 1.165) is 18.9 Å². The molecule has 6 heteroatoms. The summed E-state index contributed by atoms with van der Waals surface area (Å²) < 4.78 is 1.41. The van der Waals surface area contributed by atoms with E-state index in [9.17, 15) is 14.9 Å². The molecule has 0 aliphatic heterocycles. The molecule has 0 aromatic carbocycles. The van der Waals surface area contributed by atoms with Crippen molar-refractivity contribution in [2.45, 2.75) is 26.3 Å². The van der Waals surface area contributed by atoms with Gasteiger partial charge in [-0.1, -0.05) is 13.3 Å². The second kappa shape index (κ2) is 4.59. The van der Waals surface area contributed by atoms with Gasteiger partial charge in [-0.3, -0.25) is 10.1 Å². The van der Waals surface area contributed by atoms with Gasteiger partial charge in [0.15, 0.2) is 0 Å². The Morgan fingerprint density at radius 1 is 1.67 bits per heavy atom. The van der Waals surface area contributed by atoms with Crippen molar-refractivity contribution < 1.29 is 14.8 Å². The van der Waals surface area contributed by atoms with Gasteiger partial charge in [0.05, 0.1) is 11.1 Å². The number of carboxylic acids is 1. The minimum absolute atomic E-state index is 0.0323. The number of aryl methyl sites for hydroxylation is 1. The minimum atomic E-state index is -1.14. The number of hydrogen-bond acceptors (Lipinski definition) is 3. The summed E-state index contributed by atoms with van der Waals surface area (Å²) in [5.74, 6) is -1.14. The van der Waals surface area contributed by atoms with Crippen LogP contribution in [0, 0.1) is 10.1 Å². The maximum absolute atomic E-state index is 10.8. The van der Waals surface area contributed by atoms with Crippen molar-refractivity contribution in [3.05, 3.63) is 28.1 Å². The molecule has 82 valence electrons. The third-order valence-electron chi connectivity index (χ3n) is 2.06. The molecule has 0 bridgehead atoms. The van der Waals surface area contributed by atoms with Crippen LogP contribution < -0.4 is 0 Å². The summed E-state index contributed by atoms with van der Waals surface area (Å²) in [7, 11) is 0. The van der Waals surface area contributed by atoms with Crippen LogP contribution in [0.1, 0.15) is 30.3 Å². The number of nitrogens with zero attached hydrogens (tertiary/aromatic N) is 2. The van der Waals surface area contributed by atoms with Crippen molar-refractivity contribution in [2.75, 3.05) is 0 Å². The maximum Gasteiger partial charge on any atom is 0.352 e. The first-order chi connectivity index (χ1) is 7.06. The lowest BCUT2D eigenvalue weighted by atomic mass is 10.3. The highest BCUT2D eigenvalue weighted by molar-refractivity contribution is 5.86. The van der Waals surface area contributed by atoms with Gasteiger partial charge in [0.2, 0.25) is 0 Å². The summed E-state index contributed by atoms with van der Waals surface area (Å²) in [4.78, 5) is 20.7. The zero-order valence-corrected chi connectivity index (χ0v) is 8.34. The van der Waals surface area contributed by atoms with E-state index < -0.39 is 10.9 Å². The fourth-order valence-corrected chi connectivity index (χ4v) is 1.29. The van der Waals surface area contributed by atoms with Gasteiger partial charge in [-0.05, 0) is 6.42 Å². The summed E-state index contributed by atoms with van der Waals surface area (Å²) in [5, 5.41) is 19.3. The van der Waals surface area contributed by atoms with E-state index in [2.05, 4.69) is 0 Å². The van der Waals surface area contributed by atoms with Crippen LogP contribution in [0.3, 0.4) is 0 Å². The smallest absolute Gasteiger partial charge is 0.352 e. The molecule has 1 aromatic rings. The Balaban J connectivity index is 3.00. The van der Waals surface area contributed by atoms with Gasteiger partial charge < -0.3 is 9.67 Å². The van der Waals surface area contributed by atoms with Crippen LogP contribution in [0.4, 0.5) is 5.69 Å². The quantitative estimate of drug-likeness (QED) is 0.596. The summed E-state index contributed by atoms with van der Waals surface area (Å²) in [6.07, 6.45) is 2.97. The van der Waals surface area contributed by atoms with Crippen LogP contribution in [0.5, 0.6) is 0 Å². The van der Waals surface area contributed by atoms with E-state index in [4.69, 9.17) is 5.11 Å². The first-order valence-corrected chi connectivity index (χ1v) is 4.64. The Labute approximate surface area is 86.3 Å². The van der Waals surface area contributed by atoms with Crippen molar-refractivity contribution in [1.29, 1.82) is 0 Å². The van der Waals surface area contributed by atoms with Crippen molar-refractivity contribution in [2.24, 2.45) is 0 Å². The molecule has 1 N–H and O–H groups in total. The fraction of sp³-hybridized carbons (Fsp3) is 0.444. The number of rotatable bonds is 5. The fourth-order valence-electron chi connectivity index (χ4n) is 1.29. The Kier molecular flexibility index (Phi) is 3.43. The zero-order chi connectivity index (χ0) is 11.4. The summed E-state index contributed by atoms with van der Waals surface area (Å²) >= 11 is 0. The van der Waals surface area contributed by atoms with Crippen molar-refractivity contribution in [3.63, 3.8) is 0 Å². The lowest BCUT2D eigenvalue weighted by Gasteiger charge is -2.02. The second-order valence-corrected chi connectivity index (χ2v) is 3.19. The molecule has 0 aliphatic rings. The van der Waals surface area contributed by atoms with E-state index >= 15 is 0 Å². The molecule has 0 saturated heterocycles. The van der Waals surface area contributed by atoms with Crippen LogP contribution >= 0.6 is 0 Å². The normalized spacial score (nSPS) is 10.2. The molecule has 1 aromatic heterocycles. The van der Waals surface area contributed by atoms with E-state index in [1.54, 1.807) is 0 Å². The molecule has 0 unspecified atom stereocenters. The minimum Gasteiger partial charge on any atom is -0.477 e. The molecule has 0 fully saturated rings. The van der Waals surface area contributed by atoms with Gasteiger partial charge in [-0.15, -0.1) is 0 Å². The molecule has 0 aliphatic carbocycles. The molecule has 0 radical (unpaired) electrons. The van der Waals surface area contributed by atoms with Crippen LogP contribution in [-0.4, -0.2) is 20.6 Å². The van der Waals surface area contributed by atoms with Gasteiger partial charge in [-0.25, -0.2) is 4.79 Å². The number of carboxylic acid groups (broad SMARTS) is 1. The standard InChI is InChI=1S/C9H12N2O4/c1-2-3-4-10-6-7(11(14)15)5-8(10)9(12)13/h5-6H,2-4H2,1H3,(H,12,13). The Morgan fingerprint density at radius 2 is 2.33 bits per heavy atom. The van der Waals surface area contributed by atoms with Crippen LogP contribution in [-0.2, 0) is 6.54 Å². The van der Waals surface area contributed by atoms with Crippen LogP contribution in [0.15, 0.2) is 12.3 Å². The highest BCUT2D eigenvalue weighted by atomic mass is 16.6. The lowest BCUT2D eigenvalue weighted by molar-refractivity contribution is -0.384. The molecular formula is C9H12N2O4. The third kappa shape index (κ3) is 2.55. The highest BCUT2D eigenvalue weighted by Crippen LogP contribution is 2.17. The van der Waals surface area contributed by atoms with Gasteiger partial charge >= 0.3 is 5.97 Å². The number of hydrogen-bond donors (Lipinski definition) is 1. The van der Waals surface area contributed by atoms with E-state index in [1.807, 2.05) is 6.92 Å². The maximum atomic E-state index is 10.8. The largest absolute Gasteiger partial charge is 0.477 e. The van der Waals surface area contributed by atoms with E-state index in [-0.39, 0.29) is 11.4 Å². The summed E-state index contributed by atoms with van der Waals surface area (Å²) in [6, 6.07) is 1.08. The number of nitro groups is 1. The van der Waals surface area contributed by atoms with Crippen LogP contribution in [0.2, 0.25) is 0 Å². The average Bonchev–Trinajstić information content (AvgIpc) is 2.58. The molecule has 0 atom stereocenters. The second-order valence-electron chi connectivity index (χ2n) is 3.19. The van der Waals surface area contributed by atoms with Crippen molar-refractivity contribution in [3.8, 4) is 0 Å². The first kappa shape index (κ1) is 11.2. The lowest BCUT2D eigenvalue weighted by Crippen LogP contribution is -2.07. The van der Waals surface area contributed by atoms with Gasteiger partial charge in [0.25, 0.3) is 5.69 Å². The van der Waals surface area contributed by atoms with Gasteiger partial charge in [-0.2, -0.15) is 0 Å². The topological polar surface area (TPSA) is 85.4 Å². The monoisotopic (exact) mass is 212 g/mol. The molecule has 0 saturated carbocycles. The number of aromatic nitrogens is 1. The number of carbonyl (C=O) groups is 1. The molecule has 0 amide bonds. The summed E-state index contributed by atoms with van der Waals surface area (Å²) in [6.45, 7) is 2.46. The molecule has 15 heavy (non-hydrogen) atoms. The molecule has 1 rings (SSSR count). The Hall–Kier alpha value is -1.85. The Bertz CT molecular complexity index is 383.